The van der Waals surface area contributed by atoms with Crippen LogP contribution in [0.4, 0.5) is 4.79 Å². The summed E-state index contributed by atoms with van der Waals surface area (Å²) in [4.78, 5) is 37.1. The number of carbonyl (C=O) groups excluding carboxylic acids is 2. The molecule has 0 radical (unpaired) electrons. The first-order chi connectivity index (χ1) is 9.11. The molecule has 0 aromatic rings. The molecule has 0 saturated carbocycles. The smallest absolute Gasteiger partial charge is 0.408 e. The van der Waals surface area contributed by atoms with Crippen LogP contribution in [0.1, 0.15) is 34.1 Å². The highest BCUT2D eigenvalue weighted by atomic mass is 16.6. The predicted octanol–water partition coefficient (Wildman–Crippen LogP) is 0.929. The molecule has 0 aliphatic carbocycles. The number of rotatable bonds is 3. The molecule has 0 spiro atoms. The van der Waals surface area contributed by atoms with Crippen LogP contribution in [0.3, 0.4) is 0 Å². The molecular formula is C13H22N2O5. The molecule has 7 nitrogen and oxygen atoms in total. The molecule has 114 valence electrons. The summed E-state index contributed by atoms with van der Waals surface area (Å²) in [5.41, 5.74) is -0.545. The highest BCUT2D eigenvalue weighted by molar-refractivity contribution is 5.86. The molecule has 0 aromatic heterocycles. The fourth-order valence-corrected chi connectivity index (χ4v) is 2.03. The fourth-order valence-electron chi connectivity index (χ4n) is 2.03. The van der Waals surface area contributed by atoms with E-state index >= 15 is 0 Å². The average Bonchev–Trinajstić information content (AvgIpc) is 2.28. The monoisotopic (exact) mass is 286 g/mol. The summed E-state index contributed by atoms with van der Waals surface area (Å²) in [5, 5.41) is 8.94. The summed E-state index contributed by atoms with van der Waals surface area (Å²) in [6.45, 7) is 7.72. The van der Waals surface area contributed by atoms with E-state index < -0.39 is 17.7 Å². The number of nitrogens with zero attached hydrogens (tertiary/aromatic N) is 2. The molecule has 20 heavy (non-hydrogen) atoms. The number of ether oxygens (including phenoxy) is 1. The van der Waals surface area contributed by atoms with Gasteiger partial charge in [0.1, 0.15) is 11.6 Å². The van der Waals surface area contributed by atoms with Gasteiger partial charge in [0.15, 0.2) is 0 Å². The van der Waals surface area contributed by atoms with E-state index in [-0.39, 0.29) is 31.4 Å². The number of amides is 2. The number of carbonyl (C=O) groups is 3. The lowest BCUT2D eigenvalue weighted by molar-refractivity contribution is -0.155. The van der Waals surface area contributed by atoms with Crippen molar-refractivity contribution in [3.63, 3.8) is 0 Å². The van der Waals surface area contributed by atoms with Crippen molar-refractivity contribution in [3.05, 3.63) is 0 Å². The van der Waals surface area contributed by atoms with Gasteiger partial charge in [0.2, 0.25) is 5.91 Å². The van der Waals surface area contributed by atoms with Gasteiger partial charge >= 0.3 is 12.1 Å². The summed E-state index contributed by atoms with van der Waals surface area (Å²) in [6.07, 6.45) is -0.986. The maximum absolute atomic E-state index is 12.0. The summed E-state index contributed by atoms with van der Waals surface area (Å²) < 4.78 is 5.17. The van der Waals surface area contributed by atoms with Gasteiger partial charge in [-0.2, -0.15) is 0 Å². The van der Waals surface area contributed by atoms with Gasteiger partial charge in [-0.1, -0.05) is 0 Å². The van der Waals surface area contributed by atoms with E-state index in [0.717, 1.165) is 4.90 Å². The van der Waals surface area contributed by atoms with Gasteiger partial charge in [-0.15, -0.1) is 0 Å². The Hall–Kier alpha value is -1.79. The molecule has 2 amide bonds. The van der Waals surface area contributed by atoms with Crippen molar-refractivity contribution in [1.29, 1.82) is 0 Å². The topological polar surface area (TPSA) is 87.2 Å². The van der Waals surface area contributed by atoms with Gasteiger partial charge in [0.05, 0.1) is 6.42 Å². The standard InChI is InChI=1S/C13H22N2O5/c1-9-11(17)14(7-8-15(9)12(18)19)6-5-10(16)20-13(2,3)4/h9H,5-8H2,1-4H3,(H,18,19)/t9-/m0/s1. The van der Waals surface area contributed by atoms with Crippen LogP contribution in [0.25, 0.3) is 0 Å². The maximum Gasteiger partial charge on any atom is 0.408 e. The maximum atomic E-state index is 12.0. The molecule has 1 rings (SSSR count). The lowest BCUT2D eigenvalue weighted by Crippen LogP contribution is -2.57. The Bertz CT molecular complexity index is 402. The third kappa shape index (κ3) is 4.40. The zero-order chi connectivity index (χ0) is 15.5. The van der Waals surface area contributed by atoms with Crippen LogP contribution in [-0.4, -0.2) is 64.2 Å². The molecule has 1 N–H and O–H groups in total. The first-order valence-corrected chi connectivity index (χ1v) is 6.62. The van der Waals surface area contributed by atoms with Crippen LogP contribution in [0, 0.1) is 0 Å². The lowest BCUT2D eigenvalue weighted by atomic mass is 10.1. The normalized spacial score (nSPS) is 20.0. The van der Waals surface area contributed by atoms with Crippen LogP contribution in [0.2, 0.25) is 0 Å². The van der Waals surface area contributed by atoms with E-state index in [4.69, 9.17) is 9.84 Å². The van der Waals surface area contributed by atoms with Crippen molar-refractivity contribution in [2.45, 2.75) is 45.8 Å². The molecule has 1 fully saturated rings. The van der Waals surface area contributed by atoms with E-state index in [1.165, 1.54) is 4.90 Å². The molecule has 1 saturated heterocycles. The lowest BCUT2D eigenvalue weighted by Gasteiger charge is -2.37. The van der Waals surface area contributed by atoms with Crippen LogP contribution >= 0.6 is 0 Å². The van der Waals surface area contributed by atoms with Gasteiger partial charge in [0.25, 0.3) is 0 Å². The first kappa shape index (κ1) is 16.3. The Morgan fingerprint density at radius 1 is 1.35 bits per heavy atom. The van der Waals surface area contributed by atoms with Crippen LogP contribution < -0.4 is 0 Å². The van der Waals surface area contributed by atoms with E-state index in [2.05, 4.69) is 0 Å². The molecule has 1 atom stereocenters. The van der Waals surface area contributed by atoms with Crippen molar-refractivity contribution in [2.75, 3.05) is 19.6 Å². The SMILES string of the molecule is C[C@H]1C(=O)N(CCC(=O)OC(C)(C)C)CCN1C(=O)O. The van der Waals surface area contributed by atoms with Crippen LogP contribution in [-0.2, 0) is 14.3 Å². The minimum atomic E-state index is -1.10. The third-order valence-electron chi connectivity index (χ3n) is 3.00. The quantitative estimate of drug-likeness (QED) is 0.780. The van der Waals surface area contributed by atoms with Crippen LogP contribution in [0.5, 0.6) is 0 Å². The number of piperazine rings is 1. The Morgan fingerprint density at radius 2 is 1.95 bits per heavy atom. The molecule has 1 aliphatic heterocycles. The number of hydrogen-bond acceptors (Lipinski definition) is 4. The van der Waals surface area contributed by atoms with Crippen molar-refractivity contribution in [3.8, 4) is 0 Å². The summed E-state index contributed by atoms with van der Waals surface area (Å²) in [5.74, 6) is -0.638. The average molecular weight is 286 g/mol. The molecule has 0 unspecified atom stereocenters. The molecular weight excluding hydrogens is 264 g/mol. The second-order valence-electron chi connectivity index (χ2n) is 5.81. The summed E-state index contributed by atoms with van der Waals surface area (Å²) in [6, 6.07) is -0.708. The third-order valence-corrected chi connectivity index (χ3v) is 3.00. The van der Waals surface area contributed by atoms with E-state index in [1.54, 1.807) is 27.7 Å². The minimum Gasteiger partial charge on any atom is -0.465 e. The predicted molar refractivity (Wildman–Crippen MR) is 71.2 cm³/mol. The summed E-state index contributed by atoms with van der Waals surface area (Å²) in [7, 11) is 0. The zero-order valence-corrected chi connectivity index (χ0v) is 12.4. The molecule has 7 heteroatoms. The molecule has 0 aromatic carbocycles. The van der Waals surface area contributed by atoms with Gasteiger partial charge in [-0.3, -0.25) is 14.5 Å². The van der Waals surface area contributed by atoms with Crippen molar-refractivity contribution in [1.82, 2.24) is 9.80 Å². The Balaban J connectivity index is 2.49. The number of carboxylic acid groups (broad SMARTS) is 1. The molecule has 1 heterocycles. The highest BCUT2D eigenvalue weighted by Gasteiger charge is 2.34. The molecule has 1 aliphatic rings. The van der Waals surface area contributed by atoms with E-state index in [1.807, 2.05) is 0 Å². The van der Waals surface area contributed by atoms with E-state index in [0.29, 0.717) is 6.54 Å². The Labute approximate surface area is 118 Å². The second-order valence-corrected chi connectivity index (χ2v) is 5.81. The Morgan fingerprint density at radius 3 is 2.45 bits per heavy atom. The number of esters is 1. The minimum absolute atomic E-state index is 0.114. The fraction of sp³-hybridized carbons (Fsp3) is 0.769. The Kier molecular flexibility index (Phi) is 4.97. The summed E-state index contributed by atoms with van der Waals surface area (Å²) >= 11 is 0. The highest BCUT2D eigenvalue weighted by Crippen LogP contribution is 2.13. The van der Waals surface area contributed by atoms with Gasteiger partial charge in [-0.25, -0.2) is 4.79 Å². The van der Waals surface area contributed by atoms with Gasteiger partial charge in [-0.05, 0) is 27.7 Å². The molecule has 0 bridgehead atoms. The van der Waals surface area contributed by atoms with Gasteiger partial charge in [0, 0.05) is 19.6 Å². The number of hydrogen-bond donors (Lipinski definition) is 1. The second kappa shape index (κ2) is 6.11. The van der Waals surface area contributed by atoms with E-state index in [9.17, 15) is 14.4 Å². The largest absolute Gasteiger partial charge is 0.465 e. The van der Waals surface area contributed by atoms with Crippen molar-refractivity contribution in [2.24, 2.45) is 0 Å². The van der Waals surface area contributed by atoms with Crippen molar-refractivity contribution >= 4 is 18.0 Å². The first-order valence-electron chi connectivity index (χ1n) is 6.62. The van der Waals surface area contributed by atoms with Crippen molar-refractivity contribution < 1.29 is 24.2 Å². The van der Waals surface area contributed by atoms with Gasteiger partial charge < -0.3 is 14.7 Å². The van der Waals surface area contributed by atoms with Crippen LogP contribution in [0.15, 0.2) is 0 Å². The zero-order valence-electron chi connectivity index (χ0n) is 12.4.